The number of rotatable bonds is 7. The van der Waals surface area contributed by atoms with Gasteiger partial charge in [-0.1, -0.05) is 0 Å². The van der Waals surface area contributed by atoms with Gasteiger partial charge in [0.05, 0.1) is 25.2 Å². The van der Waals surface area contributed by atoms with E-state index in [4.69, 9.17) is 15.1 Å². The quantitative estimate of drug-likeness (QED) is 0.612. The highest BCUT2D eigenvalue weighted by Gasteiger charge is 2.08. The molecule has 1 unspecified atom stereocenters. The summed E-state index contributed by atoms with van der Waals surface area (Å²) in [5.41, 5.74) is 0. The van der Waals surface area contributed by atoms with E-state index in [-0.39, 0.29) is 12.5 Å². The molecule has 0 saturated heterocycles. The standard InChI is InChI=1S/C9H18N2O2/c1-9(7-10)8-11(3-5-12)4-6-13-2/h9,12H,3-6,8H2,1-2H3. The van der Waals surface area contributed by atoms with E-state index >= 15 is 0 Å². The summed E-state index contributed by atoms with van der Waals surface area (Å²) in [4.78, 5) is 2.03. The molecule has 0 amide bonds. The molecular weight excluding hydrogens is 168 g/mol. The molecule has 0 heterocycles. The average molecular weight is 186 g/mol. The fourth-order valence-corrected chi connectivity index (χ4v) is 1.08. The van der Waals surface area contributed by atoms with Crippen LogP contribution in [-0.4, -0.2) is 50.0 Å². The van der Waals surface area contributed by atoms with Gasteiger partial charge in [-0.2, -0.15) is 5.26 Å². The summed E-state index contributed by atoms with van der Waals surface area (Å²) in [6.07, 6.45) is 0. The molecule has 0 rings (SSSR count). The molecular formula is C9H18N2O2. The fraction of sp³-hybridized carbons (Fsp3) is 0.889. The smallest absolute Gasteiger partial charge is 0.0666 e. The molecule has 0 spiro atoms. The zero-order chi connectivity index (χ0) is 10.1. The third-order valence-electron chi connectivity index (χ3n) is 1.78. The van der Waals surface area contributed by atoms with Crippen LogP contribution in [0, 0.1) is 17.2 Å². The molecule has 0 bridgehead atoms. The largest absolute Gasteiger partial charge is 0.395 e. The lowest BCUT2D eigenvalue weighted by molar-refractivity contribution is 0.126. The van der Waals surface area contributed by atoms with Gasteiger partial charge in [0.2, 0.25) is 0 Å². The highest BCUT2D eigenvalue weighted by Crippen LogP contribution is 1.97. The molecule has 0 aromatic heterocycles. The van der Waals surface area contributed by atoms with E-state index in [0.29, 0.717) is 19.7 Å². The summed E-state index contributed by atoms with van der Waals surface area (Å²) >= 11 is 0. The van der Waals surface area contributed by atoms with E-state index in [9.17, 15) is 0 Å². The van der Waals surface area contributed by atoms with E-state index in [2.05, 4.69) is 6.07 Å². The Morgan fingerprint density at radius 3 is 2.69 bits per heavy atom. The summed E-state index contributed by atoms with van der Waals surface area (Å²) in [5, 5.41) is 17.4. The van der Waals surface area contributed by atoms with Crippen LogP contribution in [0.5, 0.6) is 0 Å². The number of hydrogen-bond acceptors (Lipinski definition) is 4. The van der Waals surface area contributed by atoms with Gasteiger partial charge in [0.1, 0.15) is 0 Å². The van der Waals surface area contributed by atoms with Crippen LogP contribution in [0.1, 0.15) is 6.92 Å². The van der Waals surface area contributed by atoms with E-state index in [1.54, 1.807) is 7.11 Å². The van der Waals surface area contributed by atoms with Gasteiger partial charge >= 0.3 is 0 Å². The maximum absolute atomic E-state index is 8.76. The lowest BCUT2D eigenvalue weighted by Crippen LogP contribution is -2.33. The Hall–Kier alpha value is -0.630. The first-order valence-electron chi connectivity index (χ1n) is 4.46. The molecule has 4 nitrogen and oxygen atoms in total. The van der Waals surface area contributed by atoms with E-state index in [0.717, 1.165) is 6.54 Å². The highest BCUT2D eigenvalue weighted by atomic mass is 16.5. The van der Waals surface area contributed by atoms with Crippen LogP contribution in [0.4, 0.5) is 0 Å². The molecule has 0 aromatic rings. The van der Waals surface area contributed by atoms with Crippen LogP contribution in [-0.2, 0) is 4.74 Å². The first kappa shape index (κ1) is 12.4. The average Bonchev–Trinajstić information content (AvgIpc) is 2.14. The highest BCUT2D eigenvalue weighted by molar-refractivity contribution is 4.81. The topological polar surface area (TPSA) is 56.5 Å². The second-order valence-electron chi connectivity index (χ2n) is 3.05. The first-order valence-corrected chi connectivity index (χ1v) is 4.46. The van der Waals surface area contributed by atoms with Gasteiger partial charge in [-0.15, -0.1) is 0 Å². The zero-order valence-corrected chi connectivity index (χ0v) is 8.36. The van der Waals surface area contributed by atoms with Crippen molar-refractivity contribution in [2.75, 3.05) is 40.0 Å². The van der Waals surface area contributed by atoms with Crippen molar-refractivity contribution in [2.24, 2.45) is 5.92 Å². The Kier molecular flexibility index (Phi) is 7.60. The van der Waals surface area contributed by atoms with Gasteiger partial charge in [0, 0.05) is 26.7 Å². The molecule has 0 aliphatic carbocycles. The Bertz CT molecular complexity index is 156. The van der Waals surface area contributed by atoms with Crippen LogP contribution < -0.4 is 0 Å². The maximum Gasteiger partial charge on any atom is 0.0666 e. The van der Waals surface area contributed by atoms with E-state index < -0.39 is 0 Å². The first-order chi connectivity index (χ1) is 6.24. The van der Waals surface area contributed by atoms with Crippen molar-refractivity contribution in [3.8, 4) is 6.07 Å². The Morgan fingerprint density at radius 1 is 1.54 bits per heavy atom. The molecule has 0 radical (unpaired) electrons. The fourth-order valence-electron chi connectivity index (χ4n) is 1.08. The lowest BCUT2D eigenvalue weighted by atomic mass is 10.2. The van der Waals surface area contributed by atoms with Gasteiger partial charge in [0.15, 0.2) is 0 Å². The summed E-state index contributed by atoms with van der Waals surface area (Å²) < 4.78 is 4.93. The predicted molar refractivity (Wildman–Crippen MR) is 50.2 cm³/mol. The van der Waals surface area contributed by atoms with E-state index in [1.165, 1.54) is 0 Å². The Morgan fingerprint density at radius 2 is 2.23 bits per heavy atom. The number of hydrogen-bond donors (Lipinski definition) is 1. The second kappa shape index (κ2) is 7.99. The number of nitriles is 1. The Balaban J connectivity index is 3.73. The van der Waals surface area contributed by atoms with Crippen molar-refractivity contribution in [3.63, 3.8) is 0 Å². The van der Waals surface area contributed by atoms with Gasteiger partial charge in [0.25, 0.3) is 0 Å². The molecule has 4 heteroatoms. The normalized spacial score (nSPS) is 12.8. The summed E-state index contributed by atoms with van der Waals surface area (Å²) in [5.74, 6) is 0.00315. The van der Waals surface area contributed by atoms with Crippen molar-refractivity contribution < 1.29 is 9.84 Å². The molecule has 76 valence electrons. The zero-order valence-electron chi connectivity index (χ0n) is 8.36. The van der Waals surface area contributed by atoms with Crippen molar-refractivity contribution in [1.82, 2.24) is 4.90 Å². The van der Waals surface area contributed by atoms with Crippen LogP contribution in [0.2, 0.25) is 0 Å². The third kappa shape index (κ3) is 6.52. The number of ether oxygens (including phenoxy) is 1. The molecule has 1 atom stereocenters. The van der Waals surface area contributed by atoms with Crippen molar-refractivity contribution in [1.29, 1.82) is 5.26 Å². The maximum atomic E-state index is 8.76. The predicted octanol–water partition coefficient (Wildman–Crippen LogP) is 0.0868. The van der Waals surface area contributed by atoms with Crippen LogP contribution in [0.15, 0.2) is 0 Å². The molecule has 0 aromatic carbocycles. The summed E-state index contributed by atoms with van der Waals surface area (Å²) in [6, 6.07) is 2.17. The molecule has 0 fully saturated rings. The lowest BCUT2D eigenvalue weighted by Gasteiger charge is -2.21. The Labute approximate surface area is 79.7 Å². The number of aliphatic hydroxyl groups excluding tert-OH is 1. The van der Waals surface area contributed by atoms with Crippen molar-refractivity contribution in [3.05, 3.63) is 0 Å². The van der Waals surface area contributed by atoms with Gasteiger partial charge < -0.3 is 9.84 Å². The summed E-state index contributed by atoms with van der Waals surface area (Å²) in [7, 11) is 1.64. The molecule has 0 aliphatic rings. The van der Waals surface area contributed by atoms with Crippen LogP contribution in [0.25, 0.3) is 0 Å². The van der Waals surface area contributed by atoms with Crippen molar-refractivity contribution >= 4 is 0 Å². The minimum absolute atomic E-state index is 0.00315. The minimum atomic E-state index is 0.00315. The number of nitrogens with zero attached hydrogens (tertiary/aromatic N) is 2. The number of aliphatic hydroxyl groups is 1. The SMILES string of the molecule is COCCN(CCO)CC(C)C#N. The van der Waals surface area contributed by atoms with Crippen molar-refractivity contribution in [2.45, 2.75) is 6.92 Å². The van der Waals surface area contributed by atoms with E-state index in [1.807, 2.05) is 11.8 Å². The summed E-state index contributed by atoms with van der Waals surface area (Å²) in [6.45, 7) is 4.70. The third-order valence-corrected chi connectivity index (χ3v) is 1.78. The van der Waals surface area contributed by atoms with Crippen LogP contribution >= 0.6 is 0 Å². The van der Waals surface area contributed by atoms with Gasteiger partial charge in [-0.05, 0) is 6.92 Å². The molecule has 0 aliphatic heterocycles. The second-order valence-corrected chi connectivity index (χ2v) is 3.05. The van der Waals surface area contributed by atoms with Crippen LogP contribution in [0.3, 0.4) is 0 Å². The molecule has 1 N–H and O–H groups in total. The van der Waals surface area contributed by atoms with Gasteiger partial charge in [-0.25, -0.2) is 0 Å². The minimum Gasteiger partial charge on any atom is -0.395 e. The molecule has 13 heavy (non-hydrogen) atoms. The van der Waals surface area contributed by atoms with Gasteiger partial charge in [-0.3, -0.25) is 4.90 Å². The monoisotopic (exact) mass is 186 g/mol. The molecule has 0 saturated carbocycles. The number of methoxy groups -OCH3 is 1.